The molecular formula is C22H29FN2. The number of hydrogen-bond donors (Lipinski definition) is 1. The summed E-state index contributed by atoms with van der Waals surface area (Å²) >= 11 is 0. The summed E-state index contributed by atoms with van der Waals surface area (Å²) in [5.74, 6) is 0.370. The van der Waals surface area contributed by atoms with Gasteiger partial charge in [-0.25, -0.2) is 4.39 Å². The first kappa shape index (κ1) is 17.8. The van der Waals surface area contributed by atoms with Gasteiger partial charge in [-0.15, -0.1) is 0 Å². The van der Waals surface area contributed by atoms with Crippen molar-refractivity contribution >= 4 is 16.5 Å². The van der Waals surface area contributed by atoms with Crippen molar-refractivity contribution in [1.82, 2.24) is 9.88 Å². The Balaban J connectivity index is 1.88. The molecule has 3 heteroatoms. The maximum absolute atomic E-state index is 13.9. The monoisotopic (exact) mass is 340 g/mol. The van der Waals surface area contributed by atoms with Gasteiger partial charge in [0.1, 0.15) is 5.82 Å². The van der Waals surface area contributed by atoms with Gasteiger partial charge < -0.3 is 9.88 Å². The summed E-state index contributed by atoms with van der Waals surface area (Å²) in [5.41, 5.74) is 4.95. The second-order valence-corrected chi connectivity index (χ2v) is 7.02. The summed E-state index contributed by atoms with van der Waals surface area (Å²) in [6.45, 7) is 12.2. The number of aryl methyl sites for hydroxylation is 1. The zero-order valence-corrected chi connectivity index (χ0v) is 15.3. The van der Waals surface area contributed by atoms with E-state index in [1.807, 2.05) is 6.07 Å². The Morgan fingerprint density at radius 3 is 2.92 bits per heavy atom. The summed E-state index contributed by atoms with van der Waals surface area (Å²) in [6.07, 6.45) is 8.54. The van der Waals surface area contributed by atoms with Gasteiger partial charge in [0.15, 0.2) is 0 Å². The summed E-state index contributed by atoms with van der Waals surface area (Å²) in [4.78, 5) is 0. The van der Waals surface area contributed by atoms with Crippen LogP contribution >= 0.6 is 0 Å². The number of rotatable bonds is 8. The van der Waals surface area contributed by atoms with Gasteiger partial charge in [-0.3, -0.25) is 0 Å². The van der Waals surface area contributed by atoms with Crippen molar-refractivity contribution in [3.8, 4) is 0 Å². The third kappa shape index (κ3) is 3.51. The molecule has 0 spiro atoms. The lowest BCUT2D eigenvalue weighted by Crippen LogP contribution is -2.14. The molecule has 2 nitrogen and oxygen atoms in total. The third-order valence-electron chi connectivity index (χ3n) is 5.52. The van der Waals surface area contributed by atoms with E-state index in [0.717, 1.165) is 56.1 Å². The molecule has 25 heavy (non-hydrogen) atoms. The molecule has 1 N–H and O–H groups in total. The van der Waals surface area contributed by atoms with Gasteiger partial charge in [-0.2, -0.15) is 0 Å². The number of halogens is 1. The van der Waals surface area contributed by atoms with Gasteiger partial charge in [0, 0.05) is 35.2 Å². The SMILES string of the molecule is C=CNCCCCCn1c2c(c3cc(F)ccc31)C(=C)C(CC)CC2. The molecule has 0 fully saturated rings. The Hall–Kier alpha value is -2.03. The quantitative estimate of drug-likeness (QED) is 0.613. The fraction of sp³-hybridized carbons (Fsp3) is 0.455. The molecule has 1 atom stereocenters. The molecule has 1 aromatic heterocycles. The summed E-state index contributed by atoms with van der Waals surface area (Å²) in [5, 5.41) is 4.20. The van der Waals surface area contributed by atoms with Crippen LogP contribution in [0.3, 0.4) is 0 Å². The fourth-order valence-electron chi connectivity index (χ4n) is 4.17. The molecule has 134 valence electrons. The Morgan fingerprint density at radius 1 is 1.32 bits per heavy atom. The predicted molar refractivity (Wildman–Crippen MR) is 105 cm³/mol. The molecule has 0 saturated carbocycles. The number of allylic oxidation sites excluding steroid dienone is 1. The molecule has 1 heterocycles. The molecule has 0 bridgehead atoms. The van der Waals surface area contributed by atoms with Crippen LogP contribution in [0.5, 0.6) is 0 Å². The van der Waals surface area contributed by atoms with E-state index >= 15 is 0 Å². The topological polar surface area (TPSA) is 17.0 Å². The highest BCUT2D eigenvalue weighted by Crippen LogP contribution is 2.42. The standard InChI is InChI=1S/C22H29FN2/c1-4-17-9-11-21-22(16(17)3)19-15-18(23)10-12-20(19)25(21)14-8-6-7-13-24-5-2/h5,10,12,15,17,24H,2-4,6-9,11,13-14H2,1H3. The van der Waals surface area contributed by atoms with Gasteiger partial charge >= 0.3 is 0 Å². The first-order chi connectivity index (χ1) is 12.2. The van der Waals surface area contributed by atoms with E-state index in [1.165, 1.54) is 23.3 Å². The van der Waals surface area contributed by atoms with Crippen LogP contribution in [-0.4, -0.2) is 11.1 Å². The summed E-state index contributed by atoms with van der Waals surface area (Å²) in [7, 11) is 0. The third-order valence-corrected chi connectivity index (χ3v) is 5.52. The number of fused-ring (bicyclic) bond motifs is 3. The van der Waals surface area contributed by atoms with E-state index < -0.39 is 0 Å². The Labute approximate surface area is 150 Å². The van der Waals surface area contributed by atoms with Gasteiger partial charge in [0.25, 0.3) is 0 Å². The van der Waals surface area contributed by atoms with E-state index in [1.54, 1.807) is 18.3 Å². The molecule has 1 aromatic carbocycles. The zero-order valence-electron chi connectivity index (χ0n) is 15.3. The van der Waals surface area contributed by atoms with E-state index in [4.69, 9.17) is 0 Å². The average molecular weight is 340 g/mol. The number of unbranched alkanes of at least 4 members (excludes halogenated alkanes) is 2. The minimum absolute atomic E-state index is 0.158. The van der Waals surface area contributed by atoms with Crippen molar-refractivity contribution < 1.29 is 4.39 Å². The molecule has 2 aromatic rings. The number of benzene rings is 1. The molecule has 1 aliphatic rings. The maximum Gasteiger partial charge on any atom is 0.123 e. The molecule has 1 unspecified atom stereocenters. The van der Waals surface area contributed by atoms with Gasteiger partial charge in [-0.05, 0) is 74.4 Å². The van der Waals surface area contributed by atoms with Crippen molar-refractivity contribution in [1.29, 1.82) is 0 Å². The normalized spacial score (nSPS) is 16.9. The Bertz CT molecular complexity index is 772. The Morgan fingerprint density at radius 2 is 2.16 bits per heavy atom. The highest BCUT2D eigenvalue weighted by atomic mass is 19.1. The summed E-state index contributed by atoms with van der Waals surface area (Å²) < 4.78 is 16.3. The van der Waals surface area contributed by atoms with Crippen molar-refractivity contribution in [2.75, 3.05) is 6.54 Å². The second kappa shape index (κ2) is 7.90. The van der Waals surface area contributed by atoms with Crippen LogP contribution in [0, 0.1) is 11.7 Å². The number of nitrogens with zero attached hydrogens (tertiary/aromatic N) is 1. The fourth-order valence-corrected chi connectivity index (χ4v) is 4.17. The highest BCUT2D eigenvalue weighted by molar-refractivity contribution is 5.95. The highest BCUT2D eigenvalue weighted by Gasteiger charge is 2.27. The second-order valence-electron chi connectivity index (χ2n) is 7.02. The molecule has 0 saturated heterocycles. The van der Waals surface area contributed by atoms with Crippen molar-refractivity contribution in [2.45, 2.75) is 52.0 Å². The van der Waals surface area contributed by atoms with Crippen LogP contribution in [0.4, 0.5) is 4.39 Å². The summed E-state index contributed by atoms with van der Waals surface area (Å²) in [6, 6.07) is 5.22. The number of aromatic nitrogens is 1. The zero-order chi connectivity index (χ0) is 17.8. The van der Waals surface area contributed by atoms with Crippen molar-refractivity contribution in [3.05, 3.63) is 54.6 Å². The molecular weight excluding hydrogens is 311 g/mol. The molecule has 0 amide bonds. The lowest BCUT2D eigenvalue weighted by Gasteiger charge is -2.25. The van der Waals surface area contributed by atoms with Crippen LogP contribution < -0.4 is 5.32 Å². The average Bonchev–Trinajstić information content (AvgIpc) is 2.92. The lowest BCUT2D eigenvalue weighted by molar-refractivity contribution is 0.533. The first-order valence-corrected chi connectivity index (χ1v) is 9.51. The molecule has 3 rings (SSSR count). The van der Waals surface area contributed by atoms with Crippen LogP contribution in [0.15, 0.2) is 37.6 Å². The molecule has 1 aliphatic carbocycles. The maximum atomic E-state index is 13.9. The van der Waals surface area contributed by atoms with E-state index in [9.17, 15) is 4.39 Å². The van der Waals surface area contributed by atoms with Crippen LogP contribution in [-0.2, 0) is 13.0 Å². The lowest BCUT2D eigenvalue weighted by atomic mass is 9.81. The van der Waals surface area contributed by atoms with E-state index in [2.05, 4.69) is 30.0 Å². The Kier molecular flexibility index (Phi) is 5.62. The van der Waals surface area contributed by atoms with Gasteiger partial charge in [0.2, 0.25) is 0 Å². The minimum Gasteiger partial charge on any atom is -0.391 e. The largest absolute Gasteiger partial charge is 0.391 e. The van der Waals surface area contributed by atoms with Crippen LogP contribution in [0.25, 0.3) is 16.5 Å². The molecule has 0 radical (unpaired) electrons. The van der Waals surface area contributed by atoms with Gasteiger partial charge in [-0.1, -0.05) is 20.1 Å². The molecule has 0 aliphatic heterocycles. The van der Waals surface area contributed by atoms with Gasteiger partial charge in [0.05, 0.1) is 0 Å². The van der Waals surface area contributed by atoms with E-state index in [0.29, 0.717) is 5.92 Å². The van der Waals surface area contributed by atoms with Crippen molar-refractivity contribution in [3.63, 3.8) is 0 Å². The van der Waals surface area contributed by atoms with Crippen molar-refractivity contribution in [2.24, 2.45) is 5.92 Å². The smallest absolute Gasteiger partial charge is 0.123 e. The number of hydrogen-bond acceptors (Lipinski definition) is 1. The van der Waals surface area contributed by atoms with E-state index in [-0.39, 0.29) is 5.82 Å². The van der Waals surface area contributed by atoms with Crippen LogP contribution in [0.2, 0.25) is 0 Å². The van der Waals surface area contributed by atoms with Crippen LogP contribution in [0.1, 0.15) is 50.3 Å². The number of nitrogens with one attached hydrogen (secondary N) is 1. The minimum atomic E-state index is -0.158. The predicted octanol–water partition coefficient (Wildman–Crippen LogP) is 5.67. The first-order valence-electron chi connectivity index (χ1n) is 9.51.